The number of halogens is 1. The summed E-state index contributed by atoms with van der Waals surface area (Å²) in [7, 11) is 0. The van der Waals surface area contributed by atoms with Crippen molar-refractivity contribution in [3.8, 4) is 5.69 Å². The molecule has 6 nitrogen and oxygen atoms in total. The molecule has 21 heavy (non-hydrogen) atoms. The van der Waals surface area contributed by atoms with E-state index < -0.39 is 6.04 Å². The summed E-state index contributed by atoms with van der Waals surface area (Å²) in [4.78, 5) is 16.1. The lowest BCUT2D eigenvalue weighted by Gasteiger charge is -2.19. The van der Waals surface area contributed by atoms with Crippen LogP contribution in [0.25, 0.3) is 5.69 Å². The van der Waals surface area contributed by atoms with Gasteiger partial charge in [0, 0.05) is 5.02 Å². The highest BCUT2D eigenvalue weighted by atomic mass is 35.5. The highest BCUT2D eigenvalue weighted by Gasteiger charge is 2.20. The number of anilines is 1. The molecule has 0 aliphatic rings. The van der Waals surface area contributed by atoms with E-state index in [0.29, 0.717) is 16.4 Å². The summed E-state index contributed by atoms with van der Waals surface area (Å²) in [5.41, 5.74) is 7.18. The maximum Gasteiger partial charge on any atom is 0.241 e. The molecule has 1 aromatic heterocycles. The van der Waals surface area contributed by atoms with Gasteiger partial charge in [0.15, 0.2) is 0 Å². The highest BCUT2D eigenvalue weighted by molar-refractivity contribution is 6.31. The number of amides is 1. The molecule has 0 fully saturated rings. The van der Waals surface area contributed by atoms with Crippen LogP contribution in [0, 0.1) is 5.92 Å². The fourth-order valence-corrected chi connectivity index (χ4v) is 2.04. The fourth-order valence-electron chi connectivity index (χ4n) is 1.87. The zero-order chi connectivity index (χ0) is 15.4. The van der Waals surface area contributed by atoms with Gasteiger partial charge in [-0.3, -0.25) is 4.79 Å². The lowest BCUT2D eigenvalue weighted by atomic mass is 9.99. The van der Waals surface area contributed by atoms with Gasteiger partial charge >= 0.3 is 0 Å². The lowest BCUT2D eigenvalue weighted by molar-refractivity contribution is -0.118. The monoisotopic (exact) mass is 307 g/mol. The molecule has 0 saturated heterocycles. The van der Waals surface area contributed by atoms with Gasteiger partial charge < -0.3 is 11.1 Å². The van der Waals surface area contributed by atoms with Crippen LogP contribution in [-0.4, -0.2) is 26.7 Å². The molecule has 2 rings (SSSR count). The van der Waals surface area contributed by atoms with Crippen molar-refractivity contribution in [2.45, 2.75) is 26.3 Å². The maximum atomic E-state index is 12.2. The molecule has 0 radical (unpaired) electrons. The number of benzene rings is 1. The average Bonchev–Trinajstić information content (AvgIpc) is 2.99. The van der Waals surface area contributed by atoms with Gasteiger partial charge in [-0.2, -0.15) is 5.10 Å². The minimum Gasteiger partial charge on any atom is -0.323 e. The molecule has 2 aromatic rings. The van der Waals surface area contributed by atoms with Gasteiger partial charge in [0.05, 0.1) is 17.4 Å². The lowest BCUT2D eigenvalue weighted by Crippen LogP contribution is -2.40. The normalized spacial score (nSPS) is 13.7. The number of hydrogen-bond acceptors (Lipinski definition) is 4. The Morgan fingerprint density at radius 3 is 2.90 bits per heavy atom. The number of carbonyl (C=O) groups is 1. The van der Waals surface area contributed by atoms with Crippen LogP contribution in [0.5, 0.6) is 0 Å². The molecule has 112 valence electrons. The molecule has 3 N–H and O–H groups in total. The highest BCUT2D eigenvalue weighted by Crippen LogP contribution is 2.24. The first-order chi connectivity index (χ1) is 10.0. The molecule has 1 amide bonds. The summed E-state index contributed by atoms with van der Waals surface area (Å²) in [5.74, 6) is -0.146. The van der Waals surface area contributed by atoms with Crippen LogP contribution in [0.2, 0.25) is 5.02 Å². The average molecular weight is 308 g/mol. The Hall–Kier alpha value is -1.92. The van der Waals surface area contributed by atoms with Crippen LogP contribution >= 0.6 is 11.6 Å². The van der Waals surface area contributed by atoms with Crippen LogP contribution in [0.4, 0.5) is 5.69 Å². The zero-order valence-corrected chi connectivity index (χ0v) is 12.7. The van der Waals surface area contributed by atoms with E-state index in [0.717, 1.165) is 6.42 Å². The quantitative estimate of drug-likeness (QED) is 0.887. The Labute approximate surface area is 128 Å². The Morgan fingerprint density at radius 2 is 2.29 bits per heavy atom. The molecular weight excluding hydrogens is 290 g/mol. The van der Waals surface area contributed by atoms with E-state index in [-0.39, 0.29) is 11.8 Å². The first kappa shape index (κ1) is 15.5. The van der Waals surface area contributed by atoms with Gasteiger partial charge in [-0.05, 0) is 24.1 Å². The molecular formula is C14H18ClN5O. The molecule has 2 atom stereocenters. The number of hydrogen-bond donors (Lipinski definition) is 2. The van der Waals surface area contributed by atoms with Crippen molar-refractivity contribution in [1.82, 2.24) is 14.8 Å². The Balaban J connectivity index is 2.27. The van der Waals surface area contributed by atoms with Crippen molar-refractivity contribution in [1.29, 1.82) is 0 Å². The van der Waals surface area contributed by atoms with Crippen molar-refractivity contribution in [3.05, 3.63) is 35.9 Å². The third-order valence-corrected chi connectivity index (χ3v) is 3.68. The van der Waals surface area contributed by atoms with E-state index in [4.69, 9.17) is 17.3 Å². The topological polar surface area (TPSA) is 85.8 Å². The standard InChI is InChI=1S/C14H18ClN5O/c1-3-9(2)13(16)14(21)19-11-6-10(15)4-5-12(11)20-8-17-7-18-20/h4-9,13H,3,16H2,1-2H3,(H,19,21). The van der Waals surface area contributed by atoms with E-state index in [1.807, 2.05) is 13.8 Å². The summed E-state index contributed by atoms with van der Waals surface area (Å²) in [5, 5.41) is 7.40. The number of nitrogens with two attached hydrogens (primary N) is 1. The van der Waals surface area contributed by atoms with E-state index in [1.54, 1.807) is 29.2 Å². The number of rotatable bonds is 5. The van der Waals surface area contributed by atoms with E-state index in [2.05, 4.69) is 15.4 Å². The van der Waals surface area contributed by atoms with Crippen LogP contribution < -0.4 is 11.1 Å². The van der Waals surface area contributed by atoms with Crippen LogP contribution in [-0.2, 0) is 4.79 Å². The van der Waals surface area contributed by atoms with Gasteiger partial charge in [0.25, 0.3) is 0 Å². The summed E-state index contributed by atoms with van der Waals surface area (Å²) in [6, 6.07) is 4.59. The summed E-state index contributed by atoms with van der Waals surface area (Å²) < 4.78 is 1.56. The minimum absolute atomic E-state index is 0.0963. The molecule has 0 aliphatic heterocycles. The second kappa shape index (κ2) is 6.69. The molecule has 0 bridgehead atoms. The minimum atomic E-state index is -0.572. The summed E-state index contributed by atoms with van der Waals surface area (Å²) in [6.45, 7) is 3.94. The second-order valence-electron chi connectivity index (χ2n) is 4.90. The summed E-state index contributed by atoms with van der Waals surface area (Å²) >= 11 is 6.00. The van der Waals surface area contributed by atoms with Crippen molar-refractivity contribution in [2.75, 3.05) is 5.32 Å². The number of nitrogens with one attached hydrogen (secondary N) is 1. The van der Waals surface area contributed by atoms with Gasteiger partial charge in [-0.1, -0.05) is 31.9 Å². The Kier molecular flexibility index (Phi) is 4.93. The van der Waals surface area contributed by atoms with Crippen molar-refractivity contribution >= 4 is 23.2 Å². The third kappa shape index (κ3) is 3.59. The first-order valence-electron chi connectivity index (χ1n) is 6.74. The van der Waals surface area contributed by atoms with Crippen LogP contribution in [0.15, 0.2) is 30.9 Å². The van der Waals surface area contributed by atoms with Gasteiger partial charge in [-0.25, -0.2) is 9.67 Å². The Morgan fingerprint density at radius 1 is 1.52 bits per heavy atom. The SMILES string of the molecule is CCC(C)C(N)C(=O)Nc1cc(Cl)ccc1-n1cncn1. The van der Waals surface area contributed by atoms with Crippen LogP contribution in [0.1, 0.15) is 20.3 Å². The first-order valence-corrected chi connectivity index (χ1v) is 7.11. The molecule has 2 unspecified atom stereocenters. The molecule has 0 spiro atoms. The molecule has 1 aromatic carbocycles. The predicted molar refractivity (Wildman–Crippen MR) is 82.4 cm³/mol. The largest absolute Gasteiger partial charge is 0.323 e. The second-order valence-corrected chi connectivity index (χ2v) is 5.34. The molecule has 1 heterocycles. The summed E-state index contributed by atoms with van der Waals surface area (Å²) in [6.07, 6.45) is 3.80. The van der Waals surface area contributed by atoms with E-state index >= 15 is 0 Å². The Bertz CT molecular complexity index is 614. The number of aromatic nitrogens is 3. The molecule has 0 aliphatic carbocycles. The van der Waals surface area contributed by atoms with E-state index in [1.165, 1.54) is 6.33 Å². The number of carbonyl (C=O) groups excluding carboxylic acids is 1. The molecule has 0 saturated carbocycles. The van der Waals surface area contributed by atoms with Gasteiger partial charge in [0.2, 0.25) is 5.91 Å². The van der Waals surface area contributed by atoms with Gasteiger partial charge in [0.1, 0.15) is 12.7 Å². The third-order valence-electron chi connectivity index (χ3n) is 3.44. The van der Waals surface area contributed by atoms with Gasteiger partial charge in [-0.15, -0.1) is 0 Å². The van der Waals surface area contributed by atoms with E-state index in [9.17, 15) is 4.79 Å². The van der Waals surface area contributed by atoms with Crippen molar-refractivity contribution in [2.24, 2.45) is 11.7 Å². The van der Waals surface area contributed by atoms with Crippen molar-refractivity contribution in [3.63, 3.8) is 0 Å². The maximum absolute atomic E-state index is 12.2. The predicted octanol–water partition coefficient (Wildman–Crippen LogP) is 2.23. The molecule has 7 heteroatoms. The van der Waals surface area contributed by atoms with Crippen LogP contribution in [0.3, 0.4) is 0 Å². The van der Waals surface area contributed by atoms with Crippen molar-refractivity contribution < 1.29 is 4.79 Å². The number of nitrogens with zero attached hydrogens (tertiary/aromatic N) is 3. The zero-order valence-electron chi connectivity index (χ0n) is 12.0. The smallest absolute Gasteiger partial charge is 0.241 e. The fraction of sp³-hybridized carbons (Fsp3) is 0.357.